The molecule has 0 unspecified atom stereocenters. The molecular formula is C30H48O. The Hall–Kier alpha value is -0.590. The number of hydrogen-bond donors (Lipinski definition) is 0. The van der Waals surface area contributed by atoms with Crippen molar-refractivity contribution in [1.82, 2.24) is 0 Å². The van der Waals surface area contributed by atoms with Crippen LogP contribution in [0.15, 0.2) is 12.2 Å². The van der Waals surface area contributed by atoms with Crippen LogP contribution in [0.5, 0.6) is 0 Å². The number of carbonyl (C=O) groups excluding carboxylic acids is 1. The average Bonchev–Trinajstić information content (AvgIpc) is 3.30. The highest BCUT2D eigenvalue weighted by atomic mass is 16.1. The molecule has 0 heterocycles. The lowest BCUT2D eigenvalue weighted by Crippen LogP contribution is -2.57. The molecule has 0 radical (unpaired) electrons. The summed E-state index contributed by atoms with van der Waals surface area (Å²) in [5, 5.41) is 0. The van der Waals surface area contributed by atoms with Gasteiger partial charge >= 0.3 is 0 Å². The Morgan fingerprint density at radius 3 is 2.32 bits per heavy atom. The standard InChI is InChI=1S/C30H48O/c1-20(2)9-8-10-21(3)22-13-16-28(7)24-12-11-23-26(4,5)15-14-25(31)30(23)19-29(24,30)18-17-27(22,28)6/h14-15,20-24H,8-13,16-19H2,1-7H3/t21-,22-,23+,24+,27-,28+,29+,30-/m1/s1. The maximum Gasteiger partial charge on any atom is 0.162 e. The third kappa shape index (κ3) is 2.64. The van der Waals surface area contributed by atoms with Crippen LogP contribution in [0.4, 0.5) is 0 Å². The molecular weight excluding hydrogens is 376 g/mol. The first-order valence-electron chi connectivity index (χ1n) is 13.7. The fourth-order valence-corrected chi connectivity index (χ4v) is 10.7. The molecule has 0 aromatic heterocycles. The Bertz CT molecular complexity index is 790. The maximum absolute atomic E-state index is 13.5. The largest absolute Gasteiger partial charge is 0.294 e. The van der Waals surface area contributed by atoms with E-state index < -0.39 is 0 Å². The molecule has 0 aliphatic heterocycles. The van der Waals surface area contributed by atoms with Gasteiger partial charge in [-0.25, -0.2) is 0 Å². The van der Waals surface area contributed by atoms with Crippen molar-refractivity contribution >= 4 is 5.78 Å². The van der Waals surface area contributed by atoms with Gasteiger partial charge < -0.3 is 0 Å². The molecule has 5 aliphatic carbocycles. The van der Waals surface area contributed by atoms with Crippen molar-refractivity contribution in [2.24, 2.45) is 56.7 Å². The summed E-state index contributed by atoms with van der Waals surface area (Å²) in [4.78, 5) is 13.5. The van der Waals surface area contributed by atoms with Gasteiger partial charge in [0.25, 0.3) is 0 Å². The molecule has 0 aromatic carbocycles. The Morgan fingerprint density at radius 1 is 0.903 bits per heavy atom. The Balaban J connectivity index is 1.42. The summed E-state index contributed by atoms with van der Waals surface area (Å²) < 4.78 is 0. The van der Waals surface area contributed by atoms with Crippen LogP contribution in [0.2, 0.25) is 0 Å². The molecule has 174 valence electrons. The lowest BCUT2D eigenvalue weighted by atomic mass is 9.42. The van der Waals surface area contributed by atoms with Gasteiger partial charge in [-0.15, -0.1) is 0 Å². The van der Waals surface area contributed by atoms with Gasteiger partial charge in [0.05, 0.1) is 0 Å². The second-order valence-corrected chi connectivity index (χ2v) is 14.3. The molecule has 2 spiro atoms. The highest BCUT2D eigenvalue weighted by Crippen LogP contribution is 2.87. The van der Waals surface area contributed by atoms with Crippen molar-refractivity contribution in [3.05, 3.63) is 12.2 Å². The molecule has 0 amide bonds. The molecule has 1 nitrogen and oxygen atoms in total. The lowest BCUT2D eigenvalue weighted by Gasteiger charge is -2.62. The van der Waals surface area contributed by atoms with E-state index in [1.807, 2.05) is 6.08 Å². The fraction of sp³-hybridized carbons (Fsp3) is 0.900. The summed E-state index contributed by atoms with van der Waals surface area (Å²) in [7, 11) is 0. The zero-order chi connectivity index (χ0) is 22.4. The van der Waals surface area contributed by atoms with Gasteiger partial charge in [-0.2, -0.15) is 0 Å². The normalized spacial score (nSPS) is 50.5. The van der Waals surface area contributed by atoms with Gasteiger partial charge in [0, 0.05) is 5.41 Å². The topological polar surface area (TPSA) is 17.1 Å². The minimum absolute atomic E-state index is 0.000522. The third-order valence-electron chi connectivity index (χ3n) is 12.5. The van der Waals surface area contributed by atoms with E-state index in [1.165, 1.54) is 64.2 Å². The number of fused-ring (bicyclic) bond motifs is 2. The predicted molar refractivity (Wildman–Crippen MR) is 130 cm³/mol. The zero-order valence-electron chi connectivity index (χ0n) is 21.5. The molecule has 4 saturated carbocycles. The van der Waals surface area contributed by atoms with Crippen molar-refractivity contribution < 1.29 is 4.79 Å². The van der Waals surface area contributed by atoms with E-state index in [4.69, 9.17) is 0 Å². The number of hydrogen-bond acceptors (Lipinski definition) is 1. The number of allylic oxidation sites excluding steroid dienone is 2. The minimum atomic E-state index is -0.000522. The van der Waals surface area contributed by atoms with Gasteiger partial charge in [0.2, 0.25) is 0 Å². The van der Waals surface area contributed by atoms with Crippen LogP contribution in [0, 0.1) is 56.7 Å². The molecule has 31 heavy (non-hydrogen) atoms. The van der Waals surface area contributed by atoms with E-state index in [0.29, 0.717) is 27.9 Å². The van der Waals surface area contributed by atoms with E-state index in [-0.39, 0.29) is 10.8 Å². The van der Waals surface area contributed by atoms with Crippen LogP contribution in [0.3, 0.4) is 0 Å². The van der Waals surface area contributed by atoms with Crippen molar-refractivity contribution in [3.63, 3.8) is 0 Å². The molecule has 0 bridgehead atoms. The Morgan fingerprint density at radius 2 is 1.61 bits per heavy atom. The van der Waals surface area contributed by atoms with Crippen LogP contribution >= 0.6 is 0 Å². The Kier molecular flexibility index (Phi) is 4.82. The van der Waals surface area contributed by atoms with Crippen LogP contribution in [-0.2, 0) is 4.79 Å². The highest BCUT2D eigenvalue weighted by Gasteiger charge is 2.83. The maximum atomic E-state index is 13.5. The average molecular weight is 425 g/mol. The fourth-order valence-electron chi connectivity index (χ4n) is 10.7. The lowest BCUT2D eigenvalue weighted by molar-refractivity contribution is -0.149. The smallest absolute Gasteiger partial charge is 0.162 e. The monoisotopic (exact) mass is 424 g/mol. The summed E-state index contributed by atoms with van der Waals surface area (Å²) in [6.07, 6.45) is 17.8. The third-order valence-corrected chi connectivity index (χ3v) is 12.5. The van der Waals surface area contributed by atoms with Crippen molar-refractivity contribution in [3.8, 4) is 0 Å². The van der Waals surface area contributed by atoms with Crippen LogP contribution in [0.1, 0.15) is 113 Å². The van der Waals surface area contributed by atoms with E-state index in [9.17, 15) is 4.79 Å². The number of carbonyl (C=O) groups is 1. The van der Waals surface area contributed by atoms with E-state index in [0.717, 1.165) is 23.7 Å². The first-order valence-corrected chi connectivity index (χ1v) is 13.7. The Labute approximate surface area is 192 Å². The molecule has 0 N–H and O–H groups in total. The van der Waals surface area contributed by atoms with E-state index in [1.54, 1.807) is 0 Å². The highest BCUT2D eigenvalue weighted by molar-refractivity contribution is 6.00. The van der Waals surface area contributed by atoms with Crippen LogP contribution in [-0.4, -0.2) is 5.78 Å². The summed E-state index contributed by atoms with van der Waals surface area (Å²) in [6.45, 7) is 17.5. The SMILES string of the molecule is CC(C)CCC[C@@H](C)[C@H]1CC[C@@]2(C)[C@@H]3CC[C@H]4C(C)(C)C=CC(=O)[C@@]45C[C@@]35CC[C@]12C. The van der Waals surface area contributed by atoms with Gasteiger partial charge in [-0.3, -0.25) is 4.79 Å². The number of rotatable bonds is 5. The summed E-state index contributed by atoms with van der Waals surface area (Å²) in [5.74, 6) is 4.42. The number of ketones is 1. The van der Waals surface area contributed by atoms with Crippen molar-refractivity contribution in [2.45, 2.75) is 113 Å². The summed E-state index contributed by atoms with van der Waals surface area (Å²) >= 11 is 0. The second-order valence-electron chi connectivity index (χ2n) is 14.3. The molecule has 0 aromatic rings. The second kappa shape index (κ2) is 6.73. The van der Waals surface area contributed by atoms with Gasteiger partial charge in [-0.1, -0.05) is 73.8 Å². The molecule has 0 saturated heterocycles. The summed E-state index contributed by atoms with van der Waals surface area (Å²) in [5.41, 5.74) is 1.42. The summed E-state index contributed by atoms with van der Waals surface area (Å²) in [6, 6.07) is 0. The van der Waals surface area contributed by atoms with Gasteiger partial charge in [-0.05, 0) is 102 Å². The van der Waals surface area contributed by atoms with Crippen LogP contribution in [0.25, 0.3) is 0 Å². The predicted octanol–water partition coefficient (Wildman–Crippen LogP) is 8.23. The molecule has 8 atom stereocenters. The molecule has 5 aliphatic rings. The van der Waals surface area contributed by atoms with E-state index in [2.05, 4.69) is 54.5 Å². The molecule has 5 rings (SSSR count). The minimum Gasteiger partial charge on any atom is -0.294 e. The first-order chi connectivity index (χ1) is 14.4. The molecule has 1 heteroatoms. The van der Waals surface area contributed by atoms with E-state index >= 15 is 0 Å². The molecule has 4 fully saturated rings. The zero-order valence-corrected chi connectivity index (χ0v) is 21.5. The van der Waals surface area contributed by atoms with Gasteiger partial charge in [0.15, 0.2) is 5.78 Å². The first kappa shape index (κ1) is 22.2. The van der Waals surface area contributed by atoms with Crippen LogP contribution < -0.4 is 0 Å². The van der Waals surface area contributed by atoms with Crippen molar-refractivity contribution in [1.29, 1.82) is 0 Å². The quantitative estimate of drug-likeness (QED) is 0.434. The van der Waals surface area contributed by atoms with Crippen molar-refractivity contribution in [2.75, 3.05) is 0 Å². The van der Waals surface area contributed by atoms with Gasteiger partial charge in [0.1, 0.15) is 0 Å².